The Hall–Kier alpha value is -2.45. The predicted molar refractivity (Wildman–Crippen MR) is 113 cm³/mol. The lowest BCUT2D eigenvalue weighted by atomic mass is 10.1. The maximum absolute atomic E-state index is 12.7. The molecule has 2 N–H and O–H groups in total. The van der Waals surface area contributed by atoms with E-state index in [1.54, 1.807) is 4.52 Å². The Morgan fingerprint density at radius 2 is 2.07 bits per heavy atom. The first-order valence-corrected chi connectivity index (χ1v) is 11.2. The zero-order valence-electron chi connectivity index (χ0n) is 17.1. The van der Waals surface area contributed by atoms with Gasteiger partial charge in [0.1, 0.15) is 6.54 Å². The molecule has 1 aliphatic heterocycles. The van der Waals surface area contributed by atoms with E-state index in [0.29, 0.717) is 17.4 Å². The molecule has 1 fully saturated rings. The summed E-state index contributed by atoms with van der Waals surface area (Å²) in [4.78, 5) is 23.2. The minimum absolute atomic E-state index is 0.0496. The van der Waals surface area contributed by atoms with E-state index in [1.165, 1.54) is 22.2 Å². The quantitative estimate of drug-likeness (QED) is 0.592. The SMILES string of the molecule is CSc1nc2nc(C)c(CC(=O)N[C@H]3CC[NH+](Cc4ccccc4)C3)c(C)n2n1. The number of quaternary nitrogens is 1. The summed E-state index contributed by atoms with van der Waals surface area (Å²) < 4.78 is 1.74. The first-order valence-electron chi connectivity index (χ1n) is 9.97. The van der Waals surface area contributed by atoms with Crippen LogP contribution in [0.3, 0.4) is 0 Å². The van der Waals surface area contributed by atoms with Crippen molar-refractivity contribution in [3.05, 3.63) is 52.8 Å². The molecule has 1 aromatic carbocycles. The number of amides is 1. The molecular formula is C21H27N6OS+. The van der Waals surface area contributed by atoms with Crippen LogP contribution in [0.4, 0.5) is 0 Å². The van der Waals surface area contributed by atoms with Gasteiger partial charge in [0.15, 0.2) is 0 Å². The molecule has 1 aliphatic rings. The summed E-state index contributed by atoms with van der Waals surface area (Å²) in [6, 6.07) is 10.8. The van der Waals surface area contributed by atoms with Gasteiger partial charge in [0.05, 0.1) is 25.6 Å². The lowest BCUT2D eigenvalue weighted by Gasteiger charge is -2.15. The molecule has 2 aromatic heterocycles. The van der Waals surface area contributed by atoms with Crippen LogP contribution in [-0.4, -0.2) is 50.9 Å². The summed E-state index contributed by atoms with van der Waals surface area (Å²) in [5, 5.41) is 8.38. The summed E-state index contributed by atoms with van der Waals surface area (Å²) in [5.74, 6) is 0.637. The fourth-order valence-corrected chi connectivity index (χ4v) is 4.41. The smallest absolute Gasteiger partial charge is 0.253 e. The predicted octanol–water partition coefficient (Wildman–Crippen LogP) is 0.979. The van der Waals surface area contributed by atoms with Crippen molar-refractivity contribution in [2.24, 2.45) is 0 Å². The van der Waals surface area contributed by atoms with Crippen molar-refractivity contribution in [1.29, 1.82) is 0 Å². The molecule has 0 bridgehead atoms. The second-order valence-corrected chi connectivity index (χ2v) is 8.44. The maximum Gasteiger partial charge on any atom is 0.253 e. The van der Waals surface area contributed by atoms with Gasteiger partial charge in [0, 0.05) is 28.9 Å². The number of nitrogens with zero attached hydrogens (tertiary/aromatic N) is 4. The van der Waals surface area contributed by atoms with E-state index >= 15 is 0 Å². The highest BCUT2D eigenvalue weighted by atomic mass is 32.2. The monoisotopic (exact) mass is 411 g/mol. The Balaban J connectivity index is 1.39. The van der Waals surface area contributed by atoms with Crippen LogP contribution in [0.25, 0.3) is 5.78 Å². The van der Waals surface area contributed by atoms with Gasteiger partial charge in [-0.15, -0.1) is 5.10 Å². The fraction of sp³-hybridized carbons (Fsp3) is 0.429. The molecule has 1 unspecified atom stereocenters. The van der Waals surface area contributed by atoms with Crippen LogP contribution in [0.15, 0.2) is 35.5 Å². The second kappa shape index (κ2) is 8.51. The third kappa shape index (κ3) is 4.43. The lowest BCUT2D eigenvalue weighted by molar-refractivity contribution is -0.901. The average Bonchev–Trinajstić information content (AvgIpc) is 3.32. The number of hydrogen-bond acceptors (Lipinski definition) is 5. The first kappa shape index (κ1) is 19.8. The van der Waals surface area contributed by atoms with Gasteiger partial charge in [-0.05, 0) is 20.1 Å². The maximum atomic E-state index is 12.7. The van der Waals surface area contributed by atoms with Crippen molar-refractivity contribution in [3.63, 3.8) is 0 Å². The largest absolute Gasteiger partial charge is 0.347 e. The highest BCUT2D eigenvalue weighted by Gasteiger charge is 2.28. The molecule has 0 radical (unpaired) electrons. The number of aromatic nitrogens is 4. The second-order valence-electron chi connectivity index (χ2n) is 7.67. The van der Waals surface area contributed by atoms with E-state index in [4.69, 9.17) is 0 Å². The summed E-state index contributed by atoms with van der Waals surface area (Å²) >= 11 is 1.49. The number of hydrogen-bond donors (Lipinski definition) is 2. The van der Waals surface area contributed by atoms with Gasteiger partial charge in [-0.25, -0.2) is 9.50 Å². The highest BCUT2D eigenvalue weighted by molar-refractivity contribution is 7.98. The lowest BCUT2D eigenvalue weighted by Crippen LogP contribution is -3.09. The number of carbonyl (C=O) groups is 1. The molecule has 3 heterocycles. The number of likely N-dealkylation sites (tertiary alicyclic amines) is 1. The van der Waals surface area contributed by atoms with Crippen LogP contribution in [0.5, 0.6) is 0 Å². The van der Waals surface area contributed by atoms with E-state index in [0.717, 1.165) is 43.0 Å². The number of carbonyl (C=O) groups excluding carboxylic acids is 1. The van der Waals surface area contributed by atoms with Crippen LogP contribution in [0.1, 0.15) is 28.9 Å². The fourth-order valence-electron chi connectivity index (χ4n) is 4.07. The molecule has 29 heavy (non-hydrogen) atoms. The molecule has 2 atom stereocenters. The molecule has 0 saturated carbocycles. The summed E-state index contributed by atoms with van der Waals surface area (Å²) in [5.41, 5.74) is 4.04. The van der Waals surface area contributed by atoms with Gasteiger partial charge < -0.3 is 10.2 Å². The number of thioether (sulfide) groups is 1. The molecule has 0 spiro atoms. The number of rotatable bonds is 6. The molecule has 0 aliphatic carbocycles. The molecule has 3 aromatic rings. The zero-order valence-corrected chi connectivity index (χ0v) is 17.9. The Bertz CT molecular complexity index is 1020. The van der Waals surface area contributed by atoms with Crippen molar-refractivity contribution in [1.82, 2.24) is 24.9 Å². The van der Waals surface area contributed by atoms with Crippen LogP contribution in [0, 0.1) is 13.8 Å². The van der Waals surface area contributed by atoms with Crippen LogP contribution < -0.4 is 10.2 Å². The molecule has 7 nitrogen and oxygen atoms in total. The minimum atomic E-state index is 0.0496. The molecular weight excluding hydrogens is 384 g/mol. The summed E-state index contributed by atoms with van der Waals surface area (Å²) in [6.45, 7) is 6.97. The number of fused-ring (bicyclic) bond motifs is 1. The Labute approximate surface area is 174 Å². The number of benzene rings is 1. The van der Waals surface area contributed by atoms with Gasteiger partial charge in [0.25, 0.3) is 5.78 Å². The standard InChI is InChI=1S/C21H26N6OS/c1-14-18(15(2)27-20(22-14)24-21(25-27)29-3)11-19(28)23-17-9-10-26(13-17)12-16-7-5-4-6-8-16/h4-8,17H,9-13H2,1-3H3,(H,23,28)/p+1/t17-/m0/s1. The molecule has 8 heteroatoms. The van der Waals surface area contributed by atoms with Crippen molar-refractivity contribution >= 4 is 23.4 Å². The van der Waals surface area contributed by atoms with Gasteiger partial charge >= 0.3 is 0 Å². The van der Waals surface area contributed by atoms with Gasteiger partial charge in [0.2, 0.25) is 11.1 Å². The third-order valence-corrected chi connectivity index (χ3v) is 6.13. The van der Waals surface area contributed by atoms with Crippen molar-refractivity contribution < 1.29 is 9.69 Å². The molecule has 1 saturated heterocycles. The Kier molecular flexibility index (Phi) is 5.82. The molecule has 4 rings (SSSR count). The highest BCUT2D eigenvalue weighted by Crippen LogP contribution is 2.17. The number of nitrogens with one attached hydrogen (secondary N) is 2. The normalized spacial score (nSPS) is 19.0. The van der Waals surface area contributed by atoms with Crippen LogP contribution >= 0.6 is 11.8 Å². The first-order chi connectivity index (χ1) is 14.0. The van der Waals surface area contributed by atoms with Crippen molar-refractivity contribution in [2.75, 3.05) is 19.3 Å². The van der Waals surface area contributed by atoms with E-state index in [9.17, 15) is 4.79 Å². The number of aryl methyl sites for hydroxylation is 2. The molecule has 1 amide bonds. The Morgan fingerprint density at radius 3 is 2.83 bits per heavy atom. The van der Waals surface area contributed by atoms with E-state index < -0.39 is 0 Å². The average molecular weight is 412 g/mol. The van der Waals surface area contributed by atoms with E-state index in [1.807, 2.05) is 26.2 Å². The molecule has 152 valence electrons. The van der Waals surface area contributed by atoms with Crippen LogP contribution in [0.2, 0.25) is 0 Å². The third-order valence-electron chi connectivity index (χ3n) is 5.59. The minimum Gasteiger partial charge on any atom is -0.347 e. The van der Waals surface area contributed by atoms with Crippen LogP contribution in [-0.2, 0) is 17.8 Å². The zero-order chi connectivity index (χ0) is 20.4. The van der Waals surface area contributed by atoms with Gasteiger partial charge in [-0.3, -0.25) is 4.79 Å². The summed E-state index contributed by atoms with van der Waals surface area (Å²) in [6.07, 6.45) is 3.28. The summed E-state index contributed by atoms with van der Waals surface area (Å²) in [7, 11) is 0. The van der Waals surface area contributed by atoms with E-state index in [2.05, 4.69) is 44.6 Å². The van der Waals surface area contributed by atoms with Crippen molar-refractivity contribution in [2.45, 2.75) is 44.4 Å². The Morgan fingerprint density at radius 1 is 1.28 bits per heavy atom. The topological polar surface area (TPSA) is 76.6 Å². The van der Waals surface area contributed by atoms with Gasteiger partial charge in [-0.2, -0.15) is 4.98 Å². The van der Waals surface area contributed by atoms with Gasteiger partial charge in [-0.1, -0.05) is 42.1 Å². The van der Waals surface area contributed by atoms with E-state index in [-0.39, 0.29) is 11.9 Å². The van der Waals surface area contributed by atoms with Crippen molar-refractivity contribution in [3.8, 4) is 0 Å².